The van der Waals surface area contributed by atoms with Crippen LogP contribution >= 0.6 is 0 Å². The molecule has 21 heavy (non-hydrogen) atoms. The lowest BCUT2D eigenvalue weighted by Crippen LogP contribution is -2.45. The molecule has 116 valence electrons. The van der Waals surface area contributed by atoms with Crippen LogP contribution in [0.2, 0.25) is 0 Å². The predicted octanol–water partition coefficient (Wildman–Crippen LogP) is 1.61. The minimum atomic E-state index is -0.459. The Bertz CT molecular complexity index is 480. The molecule has 2 rings (SSSR count). The van der Waals surface area contributed by atoms with E-state index in [-0.39, 0.29) is 5.69 Å². The fraction of sp³-hybridized carbons (Fsp3) is 0.667. The van der Waals surface area contributed by atoms with Crippen molar-refractivity contribution in [2.45, 2.75) is 38.6 Å². The van der Waals surface area contributed by atoms with Crippen molar-refractivity contribution in [3.8, 4) is 0 Å². The van der Waals surface area contributed by atoms with E-state index in [2.05, 4.69) is 21.8 Å². The van der Waals surface area contributed by atoms with Gasteiger partial charge in [-0.25, -0.2) is 9.78 Å². The topological polar surface area (TPSA) is 81.3 Å². The summed E-state index contributed by atoms with van der Waals surface area (Å²) in [6.07, 6.45) is 7.86. The molecule has 0 bridgehead atoms. The maximum Gasteiger partial charge on any atom is 0.358 e. The van der Waals surface area contributed by atoms with E-state index in [4.69, 9.17) is 10.5 Å². The number of anilines is 1. The van der Waals surface area contributed by atoms with Crippen LogP contribution in [0.15, 0.2) is 12.4 Å². The van der Waals surface area contributed by atoms with Gasteiger partial charge in [0.15, 0.2) is 5.69 Å². The summed E-state index contributed by atoms with van der Waals surface area (Å²) >= 11 is 0. The Hall–Kier alpha value is -1.69. The smallest absolute Gasteiger partial charge is 0.358 e. The van der Waals surface area contributed by atoms with Gasteiger partial charge in [0, 0.05) is 12.6 Å². The molecule has 1 aromatic rings. The average Bonchev–Trinajstić information content (AvgIpc) is 2.55. The zero-order valence-corrected chi connectivity index (χ0v) is 12.8. The number of carbonyl (C=O) groups is 1. The molecule has 1 aliphatic rings. The van der Waals surface area contributed by atoms with Gasteiger partial charge in [-0.1, -0.05) is 12.8 Å². The van der Waals surface area contributed by atoms with Gasteiger partial charge in [0.25, 0.3) is 0 Å². The minimum absolute atomic E-state index is 0.244. The molecule has 0 radical (unpaired) electrons. The van der Waals surface area contributed by atoms with Crippen molar-refractivity contribution in [1.82, 2.24) is 9.97 Å². The number of esters is 1. The van der Waals surface area contributed by atoms with Crippen LogP contribution < -0.4 is 10.6 Å². The Kier molecular flexibility index (Phi) is 5.50. The number of carbonyl (C=O) groups excluding carboxylic acids is 1. The molecule has 0 spiro atoms. The van der Waals surface area contributed by atoms with E-state index < -0.39 is 5.97 Å². The minimum Gasteiger partial charge on any atom is -0.464 e. The summed E-state index contributed by atoms with van der Waals surface area (Å²) in [6, 6.07) is 0.371. The molecule has 2 atom stereocenters. The fourth-order valence-corrected chi connectivity index (χ4v) is 3.14. The first kappa shape index (κ1) is 15.7. The molecule has 0 aliphatic heterocycles. The van der Waals surface area contributed by atoms with Crippen LogP contribution in [0, 0.1) is 5.92 Å². The maximum atomic E-state index is 11.6. The number of aromatic nitrogens is 2. The third-order valence-electron chi connectivity index (χ3n) is 4.22. The number of ether oxygens (including phenoxy) is 1. The highest BCUT2D eigenvalue weighted by molar-refractivity contribution is 5.87. The summed E-state index contributed by atoms with van der Waals surface area (Å²) in [6.45, 7) is 3.60. The number of hydrogen-bond acceptors (Lipinski definition) is 6. The van der Waals surface area contributed by atoms with Crippen molar-refractivity contribution in [2.24, 2.45) is 11.7 Å². The maximum absolute atomic E-state index is 11.6. The monoisotopic (exact) mass is 292 g/mol. The van der Waals surface area contributed by atoms with Crippen LogP contribution in [0.5, 0.6) is 0 Å². The summed E-state index contributed by atoms with van der Waals surface area (Å²) < 4.78 is 4.71. The lowest BCUT2D eigenvalue weighted by Gasteiger charge is -2.39. The average molecular weight is 292 g/mol. The molecular weight excluding hydrogens is 268 g/mol. The Morgan fingerprint density at radius 2 is 2.19 bits per heavy atom. The van der Waals surface area contributed by atoms with E-state index in [1.165, 1.54) is 26.1 Å². The Morgan fingerprint density at radius 1 is 1.43 bits per heavy atom. The first-order chi connectivity index (χ1) is 10.2. The van der Waals surface area contributed by atoms with Crippen molar-refractivity contribution in [3.63, 3.8) is 0 Å². The number of nitrogens with zero attached hydrogens (tertiary/aromatic N) is 3. The van der Waals surface area contributed by atoms with E-state index in [9.17, 15) is 4.79 Å². The predicted molar refractivity (Wildman–Crippen MR) is 81.2 cm³/mol. The summed E-state index contributed by atoms with van der Waals surface area (Å²) in [5.74, 6) is 0.743. The van der Waals surface area contributed by atoms with Gasteiger partial charge in [-0.3, -0.25) is 4.98 Å². The molecule has 6 heteroatoms. The normalized spacial score (nSPS) is 21.9. The van der Waals surface area contributed by atoms with Gasteiger partial charge in [-0.2, -0.15) is 0 Å². The molecule has 0 saturated heterocycles. The van der Waals surface area contributed by atoms with Gasteiger partial charge in [0.05, 0.1) is 19.5 Å². The molecule has 0 amide bonds. The third kappa shape index (κ3) is 3.50. The Morgan fingerprint density at radius 3 is 2.86 bits per heavy atom. The molecule has 1 aromatic heterocycles. The molecule has 2 unspecified atom stereocenters. The van der Waals surface area contributed by atoms with E-state index >= 15 is 0 Å². The summed E-state index contributed by atoms with van der Waals surface area (Å²) in [5.41, 5.74) is 6.17. The Labute approximate surface area is 125 Å². The largest absolute Gasteiger partial charge is 0.464 e. The van der Waals surface area contributed by atoms with Gasteiger partial charge in [-0.15, -0.1) is 0 Å². The van der Waals surface area contributed by atoms with Crippen LogP contribution in [-0.4, -0.2) is 42.2 Å². The van der Waals surface area contributed by atoms with E-state index in [1.54, 1.807) is 6.20 Å². The Balaban J connectivity index is 2.25. The lowest BCUT2D eigenvalue weighted by molar-refractivity contribution is 0.0593. The van der Waals surface area contributed by atoms with E-state index in [1.807, 2.05) is 0 Å². The van der Waals surface area contributed by atoms with Crippen LogP contribution in [-0.2, 0) is 4.74 Å². The van der Waals surface area contributed by atoms with Gasteiger partial charge in [-0.05, 0) is 32.2 Å². The summed E-state index contributed by atoms with van der Waals surface area (Å²) in [7, 11) is 1.35. The summed E-state index contributed by atoms with van der Waals surface area (Å²) in [4.78, 5) is 22.4. The second-order valence-corrected chi connectivity index (χ2v) is 5.39. The molecule has 6 nitrogen and oxygen atoms in total. The highest BCUT2D eigenvalue weighted by Crippen LogP contribution is 2.30. The number of methoxy groups -OCH3 is 1. The zero-order valence-electron chi connectivity index (χ0n) is 12.8. The second kappa shape index (κ2) is 7.36. The van der Waals surface area contributed by atoms with Crippen molar-refractivity contribution >= 4 is 11.8 Å². The molecule has 2 N–H and O–H groups in total. The second-order valence-electron chi connectivity index (χ2n) is 5.39. The van der Waals surface area contributed by atoms with Gasteiger partial charge in [0.1, 0.15) is 5.82 Å². The molecular formula is C15H24N4O2. The molecule has 1 heterocycles. The van der Waals surface area contributed by atoms with Crippen LogP contribution in [0.4, 0.5) is 5.82 Å². The number of rotatable bonds is 5. The first-order valence-corrected chi connectivity index (χ1v) is 7.58. The quantitative estimate of drug-likeness (QED) is 0.830. The van der Waals surface area contributed by atoms with E-state index in [0.717, 1.165) is 25.2 Å². The van der Waals surface area contributed by atoms with Gasteiger partial charge >= 0.3 is 5.97 Å². The number of hydrogen-bond donors (Lipinski definition) is 1. The third-order valence-corrected chi connectivity index (χ3v) is 4.22. The standard InChI is InChI=1S/C15H24N4O2/c1-3-19(13-7-5-4-6-11(13)8-16)14-10-17-9-12(18-14)15(20)21-2/h9-11,13H,3-8,16H2,1-2H3. The zero-order chi connectivity index (χ0) is 15.2. The SMILES string of the molecule is CCN(c1cncc(C(=O)OC)n1)C1CCCCC1CN. The first-order valence-electron chi connectivity index (χ1n) is 7.58. The molecule has 1 fully saturated rings. The molecule has 0 aromatic carbocycles. The van der Waals surface area contributed by atoms with Crippen LogP contribution in [0.25, 0.3) is 0 Å². The highest BCUT2D eigenvalue weighted by Gasteiger charge is 2.29. The molecule has 1 saturated carbocycles. The van der Waals surface area contributed by atoms with Crippen LogP contribution in [0.1, 0.15) is 43.1 Å². The fourth-order valence-electron chi connectivity index (χ4n) is 3.14. The van der Waals surface area contributed by atoms with Crippen molar-refractivity contribution < 1.29 is 9.53 Å². The van der Waals surface area contributed by atoms with Crippen molar-refractivity contribution in [3.05, 3.63) is 18.1 Å². The highest BCUT2D eigenvalue weighted by atomic mass is 16.5. The summed E-state index contributed by atoms with van der Waals surface area (Å²) in [5, 5.41) is 0. The van der Waals surface area contributed by atoms with E-state index in [0.29, 0.717) is 18.5 Å². The van der Waals surface area contributed by atoms with Crippen LogP contribution in [0.3, 0.4) is 0 Å². The van der Waals surface area contributed by atoms with Crippen molar-refractivity contribution in [1.29, 1.82) is 0 Å². The number of nitrogens with two attached hydrogens (primary N) is 1. The molecule has 1 aliphatic carbocycles. The van der Waals surface area contributed by atoms with Crippen molar-refractivity contribution in [2.75, 3.05) is 25.1 Å². The van der Waals surface area contributed by atoms with Gasteiger partial charge in [0.2, 0.25) is 0 Å². The van der Waals surface area contributed by atoms with Gasteiger partial charge < -0.3 is 15.4 Å². The lowest BCUT2D eigenvalue weighted by atomic mass is 9.83.